The Morgan fingerprint density at radius 1 is 0.775 bits per heavy atom. The van der Waals surface area contributed by atoms with Gasteiger partial charge < -0.3 is 29.4 Å². The average Bonchev–Trinajstić information content (AvgIpc) is 2.84. The summed E-state index contributed by atoms with van der Waals surface area (Å²) in [6.07, 6.45) is 0.576. The van der Waals surface area contributed by atoms with E-state index in [4.69, 9.17) is 29.4 Å². The molecule has 0 heterocycles. The van der Waals surface area contributed by atoms with Crippen LogP contribution in [0.15, 0.2) is 18.2 Å². The molecule has 5 atom stereocenters. The normalized spacial score (nSPS) is 15.2. The molecule has 0 saturated carbocycles. The van der Waals surface area contributed by atoms with Gasteiger partial charge in [-0.1, -0.05) is 46.6 Å². The molecule has 0 fully saturated rings. The van der Waals surface area contributed by atoms with Gasteiger partial charge in [0.15, 0.2) is 11.5 Å². The molecule has 40 heavy (non-hydrogen) atoms. The van der Waals surface area contributed by atoms with E-state index in [2.05, 4.69) is 0 Å². The minimum atomic E-state index is -1.06. The third-order valence-electron chi connectivity index (χ3n) is 6.07. The first kappa shape index (κ1) is 34.9. The number of nitrogens with two attached hydrogens (primary N) is 1. The van der Waals surface area contributed by atoms with Gasteiger partial charge in [0.1, 0.15) is 23.9 Å². The highest BCUT2D eigenvalue weighted by Crippen LogP contribution is 2.31. The lowest BCUT2D eigenvalue weighted by molar-refractivity contribution is -0.156. The molecule has 10 nitrogen and oxygen atoms in total. The molecule has 1 rings (SSSR count). The van der Waals surface area contributed by atoms with Crippen molar-refractivity contribution in [3.63, 3.8) is 0 Å². The van der Waals surface area contributed by atoms with Gasteiger partial charge >= 0.3 is 24.1 Å². The predicted octanol–water partition coefficient (Wildman–Crippen LogP) is 5.51. The van der Waals surface area contributed by atoms with Crippen LogP contribution in [0.1, 0.15) is 93.6 Å². The predicted molar refractivity (Wildman–Crippen MR) is 150 cm³/mol. The van der Waals surface area contributed by atoms with Crippen LogP contribution in [-0.2, 0) is 35.0 Å². The Morgan fingerprint density at radius 3 is 1.77 bits per heavy atom. The van der Waals surface area contributed by atoms with Crippen molar-refractivity contribution in [2.75, 3.05) is 0 Å². The highest BCUT2D eigenvalue weighted by molar-refractivity contribution is 5.79. The Labute approximate surface area is 238 Å². The molecule has 0 radical (unpaired) electrons. The fraction of sp³-hybridized carbons (Fsp3) is 0.667. The third-order valence-corrected chi connectivity index (χ3v) is 6.07. The fourth-order valence-corrected chi connectivity index (χ4v) is 3.59. The topological polar surface area (TPSA) is 140 Å². The molecule has 10 heteroatoms. The van der Waals surface area contributed by atoms with Gasteiger partial charge in [-0.05, 0) is 71.6 Å². The van der Waals surface area contributed by atoms with E-state index in [1.165, 1.54) is 12.1 Å². The van der Waals surface area contributed by atoms with Crippen LogP contribution in [-0.4, -0.2) is 47.9 Å². The van der Waals surface area contributed by atoms with Crippen LogP contribution in [0.2, 0.25) is 0 Å². The average molecular weight is 566 g/mol. The first-order chi connectivity index (χ1) is 18.6. The van der Waals surface area contributed by atoms with Gasteiger partial charge in [0, 0.05) is 0 Å². The van der Waals surface area contributed by atoms with Crippen LogP contribution in [0.4, 0.5) is 4.79 Å². The first-order valence-corrected chi connectivity index (χ1v) is 14.0. The molecule has 0 amide bonds. The van der Waals surface area contributed by atoms with Crippen molar-refractivity contribution >= 4 is 24.1 Å². The van der Waals surface area contributed by atoms with E-state index in [0.29, 0.717) is 18.4 Å². The van der Waals surface area contributed by atoms with Gasteiger partial charge in [0.05, 0.1) is 11.8 Å². The summed E-state index contributed by atoms with van der Waals surface area (Å²) in [5.41, 5.74) is 5.96. The number of benzene rings is 1. The number of hydrogen-bond donors (Lipinski definition) is 1. The van der Waals surface area contributed by atoms with Crippen LogP contribution in [0, 0.1) is 11.8 Å². The SMILES string of the molecule is CCCC(C)C(=O)Oc1ccc(C[C@H](N)C(=O)O[C@@H](C)C(C)OC(=O)OC(C)(C)C)cc1OC(=O)C(C)CCC. The zero-order valence-electron chi connectivity index (χ0n) is 25.4. The van der Waals surface area contributed by atoms with Crippen LogP contribution >= 0.6 is 0 Å². The van der Waals surface area contributed by atoms with Crippen LogP contribution in [0.25, 0.3) is 0 Å². The Morgan fingerprint density at radius 2 is 1.27 bits per heavy atom. The van der Waals surface area contributed by atoms with E-state index in [0.717, 1.165) is 12.8 Å². The lowest BCUT2D eigenvalue weighted by atomic mass is 10.0. The van der Waals surface area contributed by atoms with E-state index in [9.17, 15) is 19.2 Å². The molecule has 3 unspecified atom stereocenters. The molecule has 0 spiro atoms. The fourth-order valence-electron chi connectivity index (χ4n) is 3.59. The second-order valence-electron chi connectivity index (χ2n) is 11.2. The highest BCUT2D eigenvalue weighted by atomic mass is 16.7. The standard InChI is InChI=1S/C30H47NO9/c1-10-12-18(3)26(32)38-24-15-14-22(17-25(24)39-27(33)19(4)13-11-2)16-23(31)28(34)36-20(5)21(6)37-29(35)40-30(7,8)9/h14-15,17-21,23H,10-13,16,31H2,1-9H3/t18?,19?,20-,21?,23-/m0/s1. The Bertz CT molecular complexity index is 1000. The van der Waals surface area contributed by atoms with Gasteiger partial charge in [-0.15, -0.1) is 0 Å². The van der Waals surface area contributed by atoms with Crippen molar-refractivity contribution < 1.29 is 42.9 Å². The van der Waals surface area contributed by atoms with Gasteiger partial charge in [-0.2, -0.15) is 0 Å². The number of ether oxygens (including phenoxy) is 5. The van der Waals surface area contributed by atoms with Crippen molar-refractivity contribution in [1.29, 1.82) is 0 Å². The number of esters is 3. The van der Waals surface area contributed by atoms with E-state index in [-0.39, 0.29) is 29.8 Å². The van der Waals surface area contributed by atoms with Gasteiger partial charge in [0.2, 0.25) is 0 Å². The number of carbonyl (C=O) groups excluding carboxylic acids is 4. The monoisotopic (exact) mass is 565 g/mol. The number of hydrogen-bond acceptors (Lipinski definition) is 10. The second-order valence-corrected chi connectivity index (χ2v) is 11.2. The molecular weight excluding hydrogens is 518 g/mol. The Balaban J connectivity index is 2.98. The Hall–Kier alpha value is -3.14. The highest BCUT2D eigenvalue weighted by Gasteiger charge is 2.27. The molecule has 0 aromatic heterocycles. The molecular formula is C30H47NO9. The van der Waals surface area contributed by atoms with Gasteiger partial charge in [-0.25, -0.2) is 4.79 Å². The summed E-state index contributed by atoms with van der Waals surface area (Å²) in [4.78, 5) is 49.8. The zero-order valence-corrected chi connectivity index (χ0v) is 25.4. The van der Waals surface area contributed by atoms with Gasteiger partial charge in [-0.3, -0.25) is 14.4 Å². The van der Waals surface area contributed by atoms with Crippen molar-refractivity contribution in [3.05, 3.63) is 23.8 Å². The van der Waals surface area contributed by atoms with E-state index in [1.807, 2.05) is 13.8 Å². The van der Waals surface area contributed by atoms with Crippen molar-refractivity contribution in [3.8, 4) is 11.5 Å². The van der Waals surface area contributed by atoms with Crippen LogP contribution < -0.4 is 15.2 Å². The summed E-state index contributed by atoms with van der Waals surface area (Å²) >= 11 is 0. The van der Waals surface area contributed by atoms with E-state index < -0.39 is 47.9 Å². The van der Waals surface area contributed by atoms with Crippen molar-refractivity contribution in [2.24, 2.45) is 17.6 Å². The van der Waals surface area contributed by atoms with Crippen LogP contribution in [0.5, 0.6) is 11.5 Å². The molecule has 0 bridgehead atoms. The molecule has 1 aromatic rings. The summed E-state index contributed by atoms with van der Waals surface area (Å²) in [6, 6.07) is 3.65. The van der Waals surface area contributed by atoms with E-state index in [1.54, 1.807) is 54.5 Å². The molecule has 2 N–H and O–H groups in total. The molecule has 0 aliphatic heterocycles. The molecule has 226 valence electrons. The summed E-state index contributed by atoms with van der Waals surface area (Å²) in [7, 11) is 0. The largest absolute Gasteiger partial charge is 0.509 e. The second kappa shape index (κ2) is 16.2. The number of rotatable bonds is 14. The quantitative estimate of drug-likeness (QED) is 0.227. The summed E-state index contributed by atoms with van der Waals surface area (Å²) in [5.74, 6) is -2.05. The lowest BCUT2D eigenvalue weighted by Gasteiger charge is -2.24. The van der Waals surface area contributed by atoms with Crippen molar-refractivity contribution in [1.82, 2.24) is 0 Å². The molecule has 0 aliphatic carbocycles. The third kappa shape index (κ3) is 12.4. The number of carbonyl (C=O) groups is 4. The Kier molecular flexibility index (Phi) is 14.1. The van der Waals surface area contributed by atoms with Crippen molar-refractivity contribution in [2.45, 2.75) is 118 Å². The molecule has 0 aliphatic rings. The summed E-state index contributed by atoms with van der Waals surface area (Å²) in [5, 5.41) is 0. The minimum absolute atomic E-state index is 0.0579. The van der Waals surface area contributed by atoms with E-state index >= 15 is 0 Å². The van der Waals surface area contributed by atoms with Gasteiger partial charge in [0.25, 0.3) is 0 Å². The summed E-state index contributed by atoms with van der Waals surface area (Å²) in [6.45, 7) is 15.8. The zero-order chi connectivity index (χ0) is 30.6. The summed E-state index contributed by atoms with van der Waals surface area (Å²) < 4.78 is 26.9. The molecule has 0 saturated heterocycles. The van der Waals surface area contributed by atoms with Crippen LogP contribution in [0.3, 0.4) is 0 Å². The minimum Gasteiger partial charge on any atom is -0.458 e. The first-order valence-electron chi connectivity index (χ1n) is 14.0. The molecule has 1 aromatic carbocycles. The maximum Gasteiger partial charge on any atom is 0.509 e. The maximum atomic E-state index is 12.7. The maximum absolute atomic E-state index is 12.7. The smallest absolute Gasteiger partial charge is 0.458 e. The lowest BCUT2D eigenvalue weighted by Crippen LogP contribution is -2.40.